The van der Waals surface area contributed by atoms with E-state index < -0.39 is 12.0 Å². The number of benzene rings is 3. The summed E-state index contributed by atoms with van der Waals surface area (Å²) in [6, 6.07) is 15.6. The van der Waals surface area contributed by atoms with Crippen molar-refractivity contribution in [3.05, 3.63) is 112 Å². The summed E-state index contributed by atoms with van der Waals surface area (Å²) in [7, 11) is 3.11. The molecule has 0 radical (unpaired) electrons. The van der Waals surface area contributed by atoms with Gasteiger partial charge in [0.1, 0.15) is 6.61 Å². The van der Waals surface area contributed by atoms with Crippen molar-refractivity contribution in [3.63, 3.8) is 0 Å². The number of allylic oxidation sites excluding steroid dienone is 1. The van der Waals surface area contributed by atoms with E-state index in [2.05, 4.69) is 20.9 Å². The Morgan fingerprint density at radius 2 is 1.74 bits per heavy atom. The Hall–Kier alpha value is -4.06. The maximum absolute atomic E-state index is 14.1. The maximum Gasteiger partial charge on any atom is 0.338 e. The van der Waals surface area contributed by atoms with E-state index in [0.29, 0.717) is 71.9 Å². The molecule has 0 N–H and O–H groups in total. The molecule has 1 aliphatic rings. The summed E-state index contributed by atoms with van der Waals surface area (Å²) >= 11 is 10.8. The van der Waals surface area contributed by atoms with E-state index in [9.17, 15) is 9.59 Å². The smallest absolute Gasteiger partial charge is 0.338 e. The molecule has 3 aromatic carbocycles. The van der Waals surface area contributed by atoms with Crippen LogP contribution in [0, 0.1) is 0 Å². The van der Waals surface area contributed by atoms with Crippen molar-refractivity contribution >= 4 is 50.9 Å². The minimum absolute atomic E-state index is 0.176. The van der Waals surface area contributed by atoms with Gasteiger partial charge >= 0.3 is 5.97 Å². The van der Waals surface area contributed by atoms with Crippen molar-refractivity contribution in [2.45, 2.75) is 33.4 Å². The van der Waals surface area contributed by atoms with Crippen molar-refractivity contribution < 1.29 is 28.5 Å². The molecular formula is C34H32BrClN2O7S. The molecule has 0 saturated heterocycles. The van der Waals surface area contributed by atoms with Crippen LogP contribution in [0.25, 0.3) is 6.08 Å². The lowest BCUT2D eigenvalue weighted by Gasteiger charge is -2.25. The normalized spacial score (nSPS) is 14.4. The number of hydrogen-bond acceptors (Lipinski definition) is 9. The average Bonchev–Trinajstić information content (AvgIpc) is 3.34. The van der Waals surface area contributed by atoms with Crippen molar-refractivity contribution in [2.24, 2.45) is 4.99 Å². The van der Waals surface area contributed by atoms with Crippen molar-refractivity contribution in [3.8, 4) is 23.0 Å². The third kappa shape index (κ3) is 6.86. The van der Waals surface area contributed by atoms with Crippen LogP contribution in [0.4, 0.5) is 0 Å². The summed E-state index contributed by atoms with van der Waals surface area (Å²) < 4.78 is 31.0. The molecule has 0 amide bonds. The summed E-state index contributed by atoms with van der Waals surface area (Å²) in [5.41, 5.74) is 2.74. The molecule has 12 heteroatoms. The number of carbonyl (C=O) groups is 1. The van der Waals surface area contributed by atoms with Gasteiger partial charge in [0.2, 0.25) is 0 Å². The fourth-order valence-electron chi connectivity index (χ4n) is 5.09. The van der Waals surface area contributed by atoms with E-state index >= 15 is 0 Å². The van der Waals surface area contributed by atoms with E-state index in [4.69, 9.17) is 35.3 Å². The molecule has 240 valence electrons. The predicted octanol–water partition coefficient (Wildman–Crippen LogP) is 6.21. The number of aromatic nitrogens is 1. The molecular weight excluding hydrogens is 696 g/mol. The Balaban J connectivity index is 1.60. The lowest BCUT2D eigenvalue weighted by atomic mass is 9.95. The fraction of sp³-hybridized carbons (Fsp3) is 0.265. The molecule has 0 saturated carbocycles. The lowest BCUT2D eigenvalue weighted by Crippen LogP contribution is -2.40. The summed E-state index contributed by atoms with van der Waals surface area (Å²) in [4.78, 5) is 32.5. The molecule has 4 aromatic rings. The third-order valence-corrected chi connectivity index (χ3v) is 8.99. The van der Waals surface area contributed by atoms with E-state index in [1.807, 2.05) is 31.2 Å². The fourth-order valence-corrected chi connectivity index (χ4v) is 6.84. The number of fused-ring (bicyclic) bond motifs is 1. The van der Waals surface area contributed by atoms with Gasteiger partial charge in [0.05, 0.1) is 53.8 Å². The van der Waals surface area contributed by atoms with Crippen LogP contribution in [0.5, 0.6) is 23.0 Å². The van der Waals surface area contributed by atoms with Crippen LogP contribution in [0.2, 0.25) is 5.02 Å². The van der Waals surface area contributed by atoms with Gasteiger partial charge in [-0.2, -0.15) is 0 Å². The first-order valence-electron chi connectivity index (χ1n) is 14.4. The number of ether oxygens (including phenoxy) is 5. The zero-order valence-electron chi connectivity index (χ0n) is 25.9. The molecule has 46 heavy (non-hydrogen) atoms. The summed E-state index contributed by atoms with van der Waals surface area (Å²) in [5, 5.41) is 0.648. The molecule has 1 aliphatic heterocycles. The van der Waals surface area contributed by atoms with Crippen LogP contribution >= 0.6 is 38.9 Å². The molecule has 9 nitrogen and oxygen atoms in total. The summed E-state index contributed by atoms with van der Waals surface area (Å²) in [5.74, 6) is 1.51. The first kappa shape index (κ1) is 33.3. The number of carbonyl (C=O) groups excluding carboxylic acids is 1. The number of rotatable bonds is 11. The Morgan fingerprint density at radius 1 is 1.00 bits per heavy atom. The molecule has 0 spiro atoms. The zero-order chi connectivity index (χ0) is 33.0. The first-order chi connectivity index (χ1) is 22.2. The topological polar surface area (TPSA) is 97.6 Å². The number of methoxy groups -OCH3 is 2. The number of nitrogens with zero attached hydrogens (tertiary/aromatic N) is 2. The zero-order valence-corrected chi connectivity index (χ0v) is 29.0. The largest absolute Gasteiger partial charge is 0.493 e. The number of thiazole rings is 1. The van der Waals surface area contributed by atoms with Gasteiger partial charge < -0.3 is 23.7 Å². The summed E-state index contributed by atoms with van der Waals surface area (Å²) in [6.07, 6.45) is 1.76. The minimum Gasteiger partial charge on any atom is -0.493 e. The second-order valence-corrected chi connectivity index (χ2v) is 12.4. The van der Waals surface area contributed by atoms with Gasteiger partial charge in [-0.3, -0.25) is 9.36 Å². The number of hydrogen-bond donors (Lipinski definition) is 0. The highest BCUT2D eigenvalue weighted by Gasteiger charge is 2.34. The van der Waals surface area contributed by atoms with E-state index in [1.54, 1.807) is 64.5 Å². The van der Waals surface area contributed by atoms with Crippen molar-refractivity contribution in [1.29, 1.82) is 0 Å². The molecule has 0 fully saturated rings. The van der Waals surface area contributed by atoms with Crippen molar-refractivity contribution in [1.82, 2.24) is 4.57 Å². The Morgan fingerprint density at radius 3 is 2.41 bits per heavy atom. The Labute approximate surface area is 283 Å². The highest BCUT2D eigenvalue weighted by Crippen LogP contribution is 2.38. The van der Waals surface area contributed by atoms with Crippen LogP contribution in [0.3, 0.4) is 0 Å². The Bertz CT molecular complexity index is 1990. The monoisotopic (exact) mass is 726 g/mol. The Kier molecular flexibility index (Phi) is 10.6. The van der Waals surface area contributed by atoms with E-state index in [-0.39, 0.29) is 17.7 Å². The molecule has 1 aromatic heterocycles. The minimum atomic E-state index is -0.799. The number of esters is 1. The van der Waals surface area contributed by atoms with E-state index in [1.165, 1.54) is 15.9 Å². The van der Waals surface area contributed by atoms with Crippen molar-refractivity contribution in [2.75, 3.05) is 27.4 Å². The van der Waals surface area contributed by atoms with Crippen LogP contribution in [-0.4, -0.2) is 38.0 Å². The molecule has 2 heterocycles. The molecule has 0 aliphatic carbocycles. The van der Waals surface area contributed by atoms with E-state index in [0.717, 1.165) is 5.56 Å². The predicted molar refractivity (Wildman–Crippen MR) is 181 cm³/mol. The molecule has 0 bridgehead atoms. The third-order valence-electron chi connectivity index (χ3n) is 7.17. The molecule has 0 unspecified atom stereocenters. The van der Waals surface area contributed by atoms with Crippen LogP contribution in [0.15, 0.2) is 80.1 Å². The van der Waals surface area contributed by atoms with Crippen LogP contribution in [0.1, 0.15) is 43.5 Å². The van der Waals surface area contributed by atoms with Crippen LogP contribution in [-0.2, 0) is 16.1 Å². The highest BCUT2D eigenvalue weighted by molar-refractivity contribution is 9.10. The van der Waals surface area contributed by atoms with Gasteiger partial charge in [0.15, 0.2) is 27.8 Å². The molecule has 5 rings (SSSR count). The highest BCUT2D eigenvalue weighted by atomic mass is 79.9. The van der Waals surface area contributed by atoms with Gasteiger partial charge in [0, 0.05) is 5.02 Å². The average molecular weight is 728 g/mol. The second kappa shape index (κ2) is 14.6. The van der Waals surface area contributed by atoms with Crippen LogP contribution < -0.4 is 33.8 Å². The SMILES string of the molecule is CCOC(=O)C1=C(C)N=c2s/c(=C\c3cc(Br)c(OCc4ccc(Cl)cc4)c(OC)c3)c(=O)n2[C@@H]1c1ccc(OC)c(OCC)c1. The molecule has 1 atom stereocenters. The summed E-state index contributed by atoms with van der Waals surface area (Å²) in [6.45, 7) is 6.24. The standard InChI is InChI=1S/C34H32BrClN2O7S/c1-6-43-26-17-22(10-13-25(26)41-4)30-29(33(40)44-7-2)19(3)37-34-38(30)32(39)28(46-34)16-21-14-24(35)31(27(15-21)42-5)45-18-20-8-11-23(36)12-9-20/h8-17,30H,6-7,18H2,1-5H3/b28-16-/t30-/m1/s1. The first-order valence-corrected chi connectivity index (χ1v) is 16.4. The second-order valence-electron chi connectivity index (χ2n) is 10.1. The van der Waals surface area contributed by atoms with Gasteiger partial charge in [-0.05, 0) is 95.9 Å². The van der Waals surface area contributed by atoms with Gasteiger partial charge in [-0.15, -0.1) is 0 Å². The van der Waals surface area contributed by atoms with Gasteiger partial charge in [0.25, 0.3) is 5.56 Å². The maximum atomic E-state index is 14.1. The lowest BCUT2D eigenvalue weighted by molar-refractivity contribution is -0.139. The van der Waals surface area contributed by atoms with Gasteiger partial charge in [-0.1, -0.05) is 41.1 Å². The quantitative estimate of drug-likeness (QED) is 0.170. The number of halogens is 2. The van der Waals surface area contributed by atoms with Gasteiger partial charge in [-0.25, -0.2) is 9.79 Å².